The first-order valence-corrected chi connectivity index (χ1v) is 4.35. The highest BCUT2D eigenvalue weighted by Crippen LogP contribution is 2.17. The zero-order chi connectivity index (χ0) is 7.56. The molecule has 1 aliphatic rings. The van der Waals surface area contributed by atoms with E-state index in [0.29, 0.717) is 6.54 Å². The van der Waals surface area contributed by atoms with Gasteiger partial charge in [0.1, 0.15) is 11.3 Å². The molecule has 10 heavy (non-hydrogen) atoms. The van der Waals surface area contributed by atoms with Gasteiger partial charge in [0.05, 0.1) is 6.54 Å². The molecule has 0 radical (unpaired) electrons. The van der Waals surface area contributed by atoms with Crippen molar-refractivity contribution in [2.24, 2.45) is 5.73 Å². The van der Waals surface area contributed by atoms with E-state index >= 15 is 0 Å². The van der Waals surface area contributed by atoms with Gasteiger partial charge in [0.2, 0.25) is 0 Å². The van der Waals surface area contributed by atoms with Crippen molar-refractivity contribution in [1.29, 1.82) is 0 Å². The molecular formula is C6H12N2OS. The van der Waals surface area contributed by atoms with Gasteiger partial charge in [-0.2, -0.15) is 0 Å². The van der Waals surface area contributed by atoms with E-state index in [4.69, 9.17) is 5.73 Å². The van der Waals surface area contributed by atoms with Crippen molar-refractivity contribution in [3.05, 3.63) is 0 Å². The Balaban J connectivity index is 2.33. The van der Waals surface area contributed by atoms with Crippen LogP contribution in [0.15, 0.2) is 0 Å². The second kappa shape index (κ2) is 3.37. The van der Waals surface area contributed by atoms with Gasteiger partial charge >= 0.3 is 0 Å². The molecular weight excluding hydrogens is 148 g/mol. The SMILES string of the molecule is CC(=O)CN1CCSC1N. The summed E-state index contributed by atoms with van der Waals surface area (Å²) in [6.07, 6.45) is 0. The Hall–Kier alpha value is -0.0600. The van der Waals surface area contributed by atoms with Crippen LogP contribution in [0.2, 0.25) is 0 Å². The molecule has 0 bridgehead atoms. The number of ketones is 1. The van der Waals surface area contributed by atoms with E-state index < -0.39 is 0 Å². The standard InChI is InChI=1S/C6H12N2OS/c1-5(9)4-8-2-3-10-6(8)7/h6H,2-4,7H2,1H3. The van der Waals surface area contributed by atoms with Crippen molar-refractivity contribution in [3.63, 3.8) is 0 Å². The highest BCUT2D eigenvalue weighted by atomic mass is 32.2. The largest absolute Gasteiger partial charge is 0.307 e. The van der Waals surface area contributed by atoms with Crippen molar-refractivity contribution >= 4 is 17.5 Å². The summed E-state index contributed by atoms with van der Waals surface area (Å²) in [7, 11) is 0. The number of carbonyl (C=O) groups is 1. The average molecular weight is 160 g/mol. The Morgan fingerprint density at radius 2 is 2.60 bits per heavy atom. The monoisotopic (exact) mass is 160 g/mol. The van der Waals surface area contributed by atoms with Crippen LogP contribution in [0.3, 0.4) is 0 Å². The molecule has 0 amide bonds. The number of rotatable bonds is 2. The van der Waals surface area contributed by atoms with Crippen molar-refractivity contribution < 1.29 is 4.79 Å². The maximum atomic E-state index is 10.6. The molecule has 3 nitrogen and oxygen atoms in total. The number of thioether (sulfide) groups is 1. The van der Waals surface area contributed by atoms with Crippen LogP contribution < -0.4 is 5.73 Å². The molecule has 1 aliphatic heterocycles. The van der Waals surface area contributed by atoms with Crippen molar-refractivity contribution in [3.8, 4) is 0 Å². The number of Topliss-reactive ketones (excluding diaryl/α,β-unsaturated/α-hetero) is 1. The molecule has 0 aromatic carbocycles. The zero-order valence-electron chi connectivity index (χ0n) is 6.04. The van der Waals surface area contributed by atoms with Crippen LogP contribution in [0.1, 0.15) is 6.92 Å². The van der Waals surface area contributed by atoms with Gasteiger partial charge < -0.3 is 5.73 Å². The predicted molar refractivity (Wildman–Crippen MR) is 42.7 cm³/mol. The molecule has 0 aromatic rings. The lowest BCUT2D eigenvalue weighted by Crippen LogP contribution is -2.37. The highest BCUT2D eigenvalue weighted by molar-refractivity contribution is 8.00. The number of hydrogen-bond donors (Lipinski definition) is 1. The van der Waals surface area contributed by atoms with Gasteiger partial charge in [-0.15, -0.1) is 11.8 Å². The molecule has 1 unspecified atom stereocenters. The van der Waals surface area contributed by atoms with E-state index in [1.165, 1.54) is 0 Å². The minimum Gasteiger partial charge on any atom is -0.307 e. The van der Waals surface area contributed by atoms with E-state index in [-0.39, 0.29) is 11.3 Å². The molecule has 4 heteroatoms. The molecule has 0 saturated carbocycles. The quantitative estimate of drug-likeness (QED) is 0.611. The smallest absolute Gasteiger partial charge is 0.143 e. The Morgan fingerprint density at radius 3 is 3.00 bits per heavy atom. The van der Waals surface area contributed by atoms with Crippen LogP contribution in [0.25, 0.3) is 0 Å². The lowest BCUT2D eigenvalue weighted by Gasteiger charge is -2.17. The first kappa shape index (κ1) is 8.04. The zero-order valence-corrected chi connectivity index (χ0v) is 6.86. The second-order valence-corrected chi connectivity index (χ2v) is 3.66. The molecule has 1 rings (SSSR count). The lowest BCUT2D eigenvalue weighted by atomic mass is 10.4. The van der Waals surface area contributed by atoms with E-state index in [0.717, 1.165) is 12.3 Å². The molecule has 0 spiro atoms. The summed E-state index contributed by atoms with van der Waals surface area (Å²) in [6, 6.07) is 0. The van der Waals surface area contributed by atoms with Crippen molar-refractivity contribution in [2.45, 2.75) is 12.4 Å². The van der Waals surface area contributed by atoms with Crippen LogP contribution >= 0.6 is 11.8 Å². The van der Waals surface area contributed by atoms with Gasteiger partial charge in [0.25, 0.3) is 0 Å². The Labute approximate surface area is 64.9 Å². The van der Waals surface area contributed by atoms with E-state index in [1.807, 2.05) is 4.90 Å². The van der Waals surface area contributed by atoms with Gasteiger partial charge in [-0.05, 0) is 6.92 Å². The number of nitrogens with two attached hydrogens (primary N) is 1. The number of nitrogens with zero attached hydrogens (tertiary/aromatic N) is 1. The van der Waals surface area contributed by atoms with E-state index in [2.05, 4.69) is 0 Å². The molecule has 0 aliphatic carbocycles. The summed E-state index contributed by atoms with van der Waals surface area (Å²) in [5.41, 5.74) is 5.71. The first-order chi connectivity index (χ1) is 4.70. The third kappa shape index (κ3) is 1.97. The van der Waals surface area contributed by atoms with Crippen LogP contribution in [0.5, 0.6) is 0 Å². The Morgan fingerprint density at radius 1 is 1.90 bits per heavy atom. The maximum absolute atomic E-state index is 10.6. The van der Waals surface area contributed by atoms with Gasteiger partial charge in [-0.3, -0.25) is 9.69 Å². The molecule has 1 fully saturated rings. The van der Waals surface area contributed by atoms with Crippen molar-refractivity contribution in [1.82, 2.24) is 4.90 Å². The van der Waals surface area contributed by atoms with Crippen LogP contribution in [0, 0.1) is 0 Å². The van der Waals surface area contributed by atoms with Crippen LogP contribution in [-0.4, -0.2) is 35.0 Å². The highest BCUT2D eigenvalue weighted by Gasteiger charge is 2.21. The molecule has 0 aromatic heterocycles. The fourth-order valence-corrected chi connectivity index (χ4v) is 1.95. The van der Waals surface area contributed by atoms with Crippen LogP contribution in [-0.2, 0) is 4.79 Å². The van der Waals surface area contributed by atoms with Crippen LogP contribution in [0.4, 0.5) is 0 Å². The summed E-state index contributed by atoms with van der Waals surface area (Å²) in [6.45, 7) is 3.05. The molecule has 1 atom stereocenters. The summed E-state index contributed by atoms with van der Waals surface area (Å²) in [5.74, 6) is 1.24. The Kier molecular flexibility index (Phi) is 2.71. The van der Waals surface area contributed by atoms with Gasteiger partial charge in [0.15, 0.2) is 0 Å². The maximum Gasteiger partial charge on any atom is 0.143 e. The molecule has 1 heterocycles. The fourth-order valence-electron chi connectivity index (χ4n) is 0.978. The summed E-state index contributed by atoms with van der Waals surface area (Å²) < 4.78 is 0. The number of carbonyl (C=O) groups excluding carboxylic acids is 1. The lowest BCUT2D eigenvalue weighted by molar-refractivity contribution is -0.118. The van der Waals surface area contributed by atoms with Gasteiger partial charge in [0, 0.05) is 12.3 Å². The van der Waals surface area contributed by atoms with E-state index in [1.54, 1.807) is 18.7 Å². The molecule has 2 N–H and O–H groups in total. The summed E-state index contributed by atoms with van der Waals surface area (Å²) >= 11 is 1.70. The van der Waals surface area contributed by atoms with Crippen molar-refractivity contribution in [2.75, 3.05) is 18.8 Å². The Bertz CT molecular complexity index is 140. The third-order valence-corrected chi connectivity index (χ3v) is 2.51. The summed E-state index contributed by atoms with van der Waals surface area (Å²) in [5, 5.41) is 0. The topological polar surface area (TPSA) is 46.3 Å². The minimum absolute atomic E-state index is 0.0453. The molecule has 58 valence electrons. The minimum atomic E-state index is 0.0453. The molecule has 1 saturated heterocycles. The normalized spacial score (nSPS) is 27.2. The van der Waals surface area contributed by atoms with E-state index in [9.17, 15) is 4.79 Å². The van der Waals surface area contributed by atoms with Gasteiger partial charge in [-0.25, -0.2) is 0 Å². The number of hydrogen-bond acceptors (Lipinski definition) is 4. The first-order valence-electron chi connectivity index (χ1n) is 3.31. The third-order valence-electron chi connectivity index (χ3n) is 1.45. The predicted octanol–water partition coefficient (Wildman–Crippen LogP) is -0.133. The van der Waals surface area contributed by atoms with Gasteiger partial charge in [-0.1, -0.05) is 0 Å². The second-order valence-electron chi connectivity index (χ2n) is 2.43. The summed E-state index contributed by atoms with van der Waals surface area (Å²) in [4.78, 5) is 12.6. The average Bonchev–Trinajstić information content (AvgIpc) is 2.15. The fraction of sp³-hybridized carbons (Fsp3) is 0.833.